The predicted molar refractivity (Wildman–Crippen MR) is 229 cm³/mol. The molecule has 326 valence electrons. The molecule has 1 saturated heterocycles. The van der Waals surface area contributed by atoms with Crippen LogP contribution in [0.4, 0.5) is 5.82 Å². The highest BCUT2D eigenvalue weighted by Crippen LogP contribution is 2.49. The third kappa shape index (κ3) is 9.50. The maximum atomic E-state index is 14.1. The number of benzene rings is 1. The summed E-state index contributed by atoms with van der Waals surface area (Å²) in [7, 11) is 2.73. The second-order valence-electron chi connectivity index (χ2n) is 17.5. The topological polar surface area (TPSA) is 132 Å². The third-order valence-electron chi connectivity index (χ3n) is 13.9. The summed E-state index contributed by atoms with van der Waals surface area (Å²) in [6.45, 7) is 9.42. The van der Waals surface area contributed by atoms with Crippen LogP contribution in [-0.2, 0) is 40.8 Å². The number of nitrogens with one attached hydrogen (secondary N) is 1. The van der Waals surface area contributed by atoms with Crippen molar-refractivity contribution >= 4 is 33.3 Å². The Labute approximate surface area is 356 Å². The van der Waals surface area contributed by atoms with Gasteiger partial charge in [0.1, 0.15) is 11.3 Å². The van der Waals surface area contributed by atoms with Crippen LogP contribution in [0.15, 0.2) is 42.5 Å². The number of allylic oxidation sites excluding steroid dienone is 1. The van der Waals surface area contributed by atoms with Crippen molar-refractivity contribution in [2.24, 2.45) is 17.8 Å². The van der Waals surface area contributed by atoms with Crippen molar-refractivity contribution < 1.29 is 36.9 Å². The number of nitrogens with zero attached hydrogens (tertiary/aromatic N) is 4. The molecule has 59 heavy (non-hydrogen) atoms. The van der Waals surface area contributed by atoms with Crippen molar-refractivity contribution in [2.75, 3.05) is 106 Å². The molecule has 5 aliphatic rings. The van der Waals surface area contributed by atoms with Gasteiger partial charge in [-0.25, -0.2) is 18.1 Å². The first-order valence-corrected chi connectivity index (χ1v) is 23.3. The Kier molecular flexibility index (Phi) is 14.3. The van der Waals surface area contributed by atoms with Crippen LogP contribution in [0.1, 0.15) is 67.1 Å². The standard InChI is InChI=1S/C44H64ClN5O8S/c1-31-8-6-18-44(57-5,29-48-19-21-49(22-20-48)35(26-55-3)27-56-4)37-12-10-33(37)25-50-28-43(17-7-9-32-24-34(45)11-13-36(32)43)30-58-39-15-14-38(46-41(39)50)42(51)47-59(52,53)40(31)16-23-54-2/h6,11,13-15,18,24,31,33,35,37,40H,7-10,12,16-17,19-23,25-30H2,1-5H3,(H,47,51)/b18-6-/t31-,33-,37+,40+,43-,44+/m0/s1. The van der Waals surface area contributed by atoms with Crippen LogP contribution in [0.5, 0.6) is 5.75 Å². The van der Waals surface area contributed by atoms with E-state index in [-0.39, 0.29) is 47.9 Å². The molecule has 1 saturated carbocycles. The molecule has 0 unspecified atom stereocenters. The molecule has 3 aliphatic heterocycles. The molecule has 6 atom stereocenters. The van der Waals surface area contributed by atoms with Crippen molar-refractivity contribution in [3.8, 4) is 5.75 Å². The number of pyridine rings is 1. The number of methoxy groups -OCH3 is 4. The molecule has 1 amide bonds. The van der Waals surface area contributed by atoms with Gasteiger partial charge in [0.15, 0.2) is 11.6 Å². The highest BCUT2D eigenvalue weighted by atomic mass is 35.5. The van der Waals surface area contributed by atoms with Gasteiger partial charge in [-0.15, -0.1) is 0 Å². The second kappa shape index (κ2) is 19.1. The van der Waals surface area contributed by atoms with E-state index in [0.717, 1.165) is 63.3 Å². The van der Waals surface area contributed by atoms with E-state index in [4.69, 9.17) is 40.3 Å². The number of hydrogen-bond donors (Lipinski definition) is 1. The lowest BCUT2D eigenvalue weighted by Crippen LogP contribution is -2.60. The highest BCUT2D eigenvalue weighted by Gasteiger charge is 2.50. The molecule has 2 aliphatic carbocycles. The Morgan fingerprint density at radius 2 is 1.81 bits per heavy atom. The maximum absolute atomic E-state index is 14.1. The van der Waals surface area contributed by atoms with E-state index in [1.807, 2.05) is 20.1 Å². The number of aromatic nitrogens is 1. The molecular formula is C44H64ClN5O8S. The van der Waals surface area contributed by atoms with E-state index < -0.39 is 26.8 Å². The van der Waals surface area contributed by atoms with Crippen molar-refractivity contribution in [3.63, 3.8) is 0 Å². The monoisotopic (exact) mass is 857 g/mol. The van der Waals surface area contributed by atoms with E-state index in [9.17, 15) is 13.2 Å². The molecule has 2 bridgehead atoms. The van der Waals surface area contributed by atoms with Crippen LogP contribution in [0.25, 0.3) is 0 Å². The number of fused-ring (bicyclic) bond motifs is 4. The molecule has 0 radical (unpaired) electrons. The summed E-state index contributed by atoms with van der Waals surface area (Å²) in [5, 5.41) is -0.153. The summed E-state index contributed by atoms with van der Waals surface area (Å²) in [6.07, 6.45) is 9.97. The smallest absolute Gasteiger partial charge is 0.283 e. The lowest BCUT2D eigenvalue weighted by Gasteiger charge is -2.52. The summed E-state index contributed by atoms with van der Waals surface area (Å²) in [6, 6.07) is 9.76. The van der Waals surface area contributed by atoms with Crippen molar-refractivity contribution in [1.29, 1.82) is 0 Å². The Morgan fingerprint density at radius 3 is 2.51 bits per heavy atom. The Hall–Kier alpha value is -2.82. The summed E-state index contributed by atoms with van der Waals surface area (Å²) in [5.74, 6) is 0.511. The van der Waals surface area contributed by atoms with Gasteiger partial charge in [0.2, 0.25) is 10.0 Å². The predicted octanol–water partition coefficient (Wildman–Crippen LogP) is 4.96. The molecule has 1 N–H and O–H groups in total. The van der Waals surface area contributed by atoms with Gasteiger partial charge in [-0.2, -0.15) is 0 Å². The molecular weight excluding hydrogens is 794 g/mol. The molecule has 13 nitrogen and oxygen atoms in total. The van der Waals surface area contributed by atoms with Crippen LogP contribution in [0.3, 0.4) is 0 Å². The quantitative estimate of drug-likeness (QED) is 0.307. The van der Waals surface area contributed by atoms with E-state index >= 15 is 0 Å². The number of anilines is 1. The van der Waals surface area contributed by atoms with Gasteiger partial charge in [-0.1, -0.05) is 36.7 Å². The number of carbonyl (C=O) groups excluding carboxylic acids is 1. The van der Waals surface area contributed by atoms with E-state index in [0.29, 0.717) is 57.4 Å². The number of piperazine rings is 1. The van der Waals surface area contributed by atoms with Crippen molar-refractivity contribution in [2.45, 2.75) is 74.2 Å². The first-order valence-electron chi connectivity index (χ1n) is 21.3. The van der Waals surface area contributed by atoms with E-state index in [1.54, 1.807) is 33.5 Å². The number of amides is 1. The van der Waals surface area contributed by atoms with Gasteiger partial charge < -0.3 is 28.6 Å². The van der Waals surface area contributed by atoms with Gasteiger partial charge in [-0.05, 0) is 98.1 Å². The average molecular weight is 859 g/mol. The van der Waals surface area contributed by atoms with Crippen LogP contribution in [-0.4, -0.2) is 147 Å². The maximum Gasteiger partial charge on any atom is 0.283 e. The minimum atomic E-state index is -4.13. The van der Waals surface area contributed by atoms with E-state index in [2.05, 4.69) is 43.7 Å². The van der Waals surface area contributed by atoms with E-state index in [1.165, 1.54) is 11.1 Å². The average Bonchev–Trinajstić information content (AvgIpc) is 3.35. The largest absolute Gasteiger partial charge is 0.489 e. The third-order valence-corrected chi connectivity index (χ3v) is 16.1. The number of ether oxygens (including phenoxy) is 5. The first-order chi connectivity index (χ1) is 28.4. The fourth-order valence-electron chi connectivity index (χ4n) is 10.5. The van der Waals surface area contributed by atoms with Crippen molar-refractivity contribution in [3.05, 3.63) is 64.3 Å². The van der Waals surface area contributed by atoms with Crippen LogP contribution in [0.2, 0.25) is 5.02 Å². The number of rotatable bonds is 11. The van der Waals surface area contributed by atoms with Gasteiger partial charge in [0, 0.05) is 91.3 Å². The number of sulfonamides is 1. The molecule has 2 aromatic rings. The lowest BCUT2D eigenvalue weighted by molar-refractivity contribution is -0.0979. The molecule has 1 aromatic heterocycles. The second-order valence-corrected chi connectivity index (χ2v) is 19.8. The summed E-state index contributed by atoms with van der Waals surface area (Å²) in [4.78, 5) is 26.1. The van der Waals surface area contributed by atoms with Gasteiger partial charge in [0.25, 0.3) is 5.91 Å². The SMILES string of the molecule is COCC[C@@H]1[C@@H](C)C/C=C\[C@](CN2CCN(C(COC)COC)CC2)(OC)[C@@H]2CC[C@H]2CN2C[C@@]3(CCCc4cc(Cl)ccc43)COc3ccc(nc32)C(=O)NS1(=O)=O. The zero-order valence-electron chi connectivity index (χ0n) is 35.5. The van der Waals surface area contributed by atoms with Crippen LogP contribution in [0, 0.1) is 17.8 Å². The summed E-state index contributed by atoms with van der Waals surface area (Å²) < 4.78 is 60.4. The number of aryl methyl sites for hydroxylation is 1. The number of halogens is 1. The van der Waals surface area contributed by atoms with Gasteiger partial charge in [-0.3, -0.25) is 14.6 Å². The number of hydrogen-bond acceptors (Lipinski definition) is 12. The molecule has 15 heteroatoms. The fraction of sp³-hybridized carbons (Fsp3) is 0.682. The van der Waals surface area contributed by atoms with Gasteiger partial charge >= 0.3 is 0 Å². The van der Waals surface area contributed by atoms with Crippen LogP contribution >= 0.6 is 11.6 Å². The molecule has 2 fully saturated rings. The molecule has 1 spiro atoms. The molecule has 1 aromatic carbocycles. The zero-order chi connectivity index (χ0) is 41.8. The Bertz CT molecular complexity index is 1910. The Morgan fingerprint density at radius 1 is 1.03 bits per heavy atom. The lowest BCUT2D eigenvalue weighted by atomic mass is 9.63. The normalized spacial score (nSPS) is 30.8. The molecule has 7 rings (SSSR count). The van der Waals surface area contributed by atoms with Crippen molar-refractivity contribution in [1.82, 2.24) is 19.5 Å². The van der Waals surface area contributed by atoms with Crippen LogP contribution < -0.4 is 14.4 Å². The summed E-state index contributed by atoms with van der Waals surface area (Å²) in [5.41, 5.74) is 1.55. The first kappa shape index (κ1) is 44.2. The highest BCUT2D eigenvalue weighted by molar-refractivity contribution is 7.90. The zero-order valence-corrected chi connectivity index (χ0v) is 37.1. The molecule has 4 heterocycles. The van der Waals surface area contributed by atoms with Gasteiger partial charge in [0.05, 0.1) is 31.1 Å². The minimum absolute atomic E-state index is 0.0339. The number of carbonyl (C=O) groups is 1. The fourth-order valence-corrected chi connectivity index (χ4v) is 12.4. The Balaban J connectivity index is 1.27. The summed E-state index contributed by atoms with van der Waals surface area (Å²) >= 11 is 6.53. The minimum Gasteiger partial charge on any atom is -0.489 e.